The topological polar surface area (TPSA) is 366 Å². The number of aliphatic carboxylic acids is 1. The van der Waals surface area contributed by atoms with Crippen molar-refractivity contribution < 1.29 is 63.5 Å². The molecule has 1 unspecified atom stereocenters. The number of sulfonamides is 2. The lowest BCUT2D eigenvalue weighted by Gasteiger charge is -2.16. The number of hydrogen-bond donors (Lipinski definition) is 8. The lowest BCUT2D eigenvalue weighted by Crippen LogP contribution is -2.48. The Morgan fingerprint density at radius 2 is 1.32 bits per heavy atom. The molecule has 81 heavy (non-hydrogen) atoms. The number of rotatable bonds is 34. The van der Waals surface area contributed by atoms with Gasteiger partial charge in [0.15, 0.2) is 11.8 Å². The Hall–Kier alpha value is -7.87. The number of nitrogens with zero attached hydrogens (tertiary/aromatic N) is 6. The van der Waals surface area contributed by atoms with E-state index in [-0.39, 0.29) is 63.8 Å². The van der Waals surface area contributed by atoms with Crippen LogP contribution in [0.5, 0.6) is 0 Å². The second kappa shape index (κ2) is 29.6. The average Bonchev–Trinajstić information content (AvgIpc) is 4.15. The number of anilines is 1. The first kappa shape index (κ1) is 60.8. The molecule has 430 valence electrons. The fourth-order valence-electron chi connectivity index (χ4n) is 7.72. The van der Waals surface area contributed by atoms with Crippen LogP contribution >= 0.6 is 0 Å². The molecule has 0 fully saturated rings. The van der Waals surface area contributed by atoms with Crippen molar-refractivity contribution in [3.05, 3.63) is 145 Å². The molecule has 0 saturated heterocycles. The number of aromatic nitrogens is 5. The zero-order valence-corrected chi connectivity index (χ0v) is 46.0. The van der Waals surface area contributed by atoms with Crippen LogP contribution in [0.25, 0.3) is 22.0 Å². The van der Waals surface area contributed by atoms with Crippen LogP contribution in [0.3, 0.4) is 0 Å². The average molecular weight is 1170 g/mol. The predicted octanol–water partition coefficient (Wildman–Crippen LogP) is 4.55. The number of carboxylic acids is 1. The van der Waals surface area contributed by atoms with Gasteiger partial charge in [-0.3, -0.25) is 23.6 Å². The third-order valence-corrected chi connectivity index (χ3v) is 15.8. The number of carbonyl (C=O) groups is 3. The minimum Gasteiger partial charge on any atom is -0.480 e. The Bertz CT molecular complexity index is 3570. The first-order valence-electron chi connectivity index (χ1n) is 25.3. The van der Waals surface area contributed by atoms with Crippen LogP contribution in [-0.4, -0.2) is 149 Å². The lowest BCUT2D eigenvalue weighted by atomic mass is 10.1. The number of ether oxygens (including phenoxy) is 3. The van der Waals surface area contributed by atoms with Crippen molar-refractivity contribution in [3.63, 3.8) is 0 Å². The van der Waals surface area contributed by atoms with E-state index in [0.29, 0.717) is 86.9 Å². The molecule has 7 aromatic rings. The van der Waals surface area contributed by atoms with Gasteiger partial charge in [-0.25, -0.2) is 31.5 Å². The number of fused-ring (bicyclic) bond motifs is 1. The van der Waals surface area contributed by atoms with E-state index in [1.165, 1.54) is 72.9 Å². The summed E-state index contributed by atoms with van der Waals surface area (Å²) in [6.45, 7) is 3.00. The molecule has 0 radical (unpaired) electrons. The van der Waals surface area contributed by atoms with Crippen LogP contribution < -0.4 is 25.4 Å². The minimum absolute atomic E-state index is 0.0199. The van der Waals surface area contributed by atoms with Gasteiger partial charge in [0, 0.05) is 75.5 Å². The zero-order valence-electron chi connectivity index (χ0n) is 43.5. The molecular formula is C52H60N12O14S3. The maximum Gasteiger partial charge on any atom is 0.323 e. The molecule has 4 aromatic carbocycles. The van der Waals surface area contributed by atoms with Crippen LogP contribution in [0, 0.1) is 0 Å². The van der Waals surface area contributed by atoms with Gasteiger partial charge < -0.3 is 40.3 Å². The summed E-state index contributed by atoms with van der Waals surface area (Å²) in [6, 6.07) is 23.7. The number of aryl methyl sites for hydroxylation is 1. The van der Waals surface area contributed by atoms with Crippen LogP contribution in [0.15, 0.2) is 153 Å². The van der Waals surface area contributed by atoms with Gasteiger partial charge >= 0.3 is 5.97 Å². The number of hydrogen-bond acceptors (Lipinski definition) is 18. The Kier molecular flexibility index (Phi) is 22.2. The highest BCUT2D eigenvalue weighted by atomic mass is 32.2. The van der Waals surface area contributed by atoms with E-state index in [2.05, 4.69) is 55.7 Å². The number of pyridine rings is 1. The quantitative estimate of drug-likeness (QED) is 0.0156. The highest BCUT2D eigenvalue weighted by molar-refractivity contribution is 7.89. The second-order valence-corrected chi connectivity index (χ2v) is 22.6. The molecule has 0 aliphatic rings. The Balaban J connectivity index is 0.719. The number of azo groups is 1. The summed E-state index contributed by atoms with van der Waals surface area (Å²) in [5.41, 5.74) is 2.77. The van der Waals surface area contributed by atoms with Gasteiger partial charge in [-0.1, -0.05) is 42.5 Å². The fraction of sp³-hybridized carbons (Fsp3) is 0.308. The third-order valence-electron chi connectivity index (χ3n) is 11.9. The number of amides is 2. The van der Waals surface area contributed by atoms with Crippen LogP contribution in [0.2, 0.25) is 0 Å². The standard InChI is InChI=1S/C52H60N12O14S3/c65-49(39-12-18-46-42(32-39)35-60-64(46)25-3-20-54-52-55-23-24-56-52)58-36-45(51(67)68)63-80(71,72)44-16-10-38(11-17-44)37-8-14-43(15-9-37)79(69,70)61-22-5-27-77-29-31-78-30-28-76-26-4-21-53-50(66)41-13-19-48(57-33-41)62-59-34-40-6-1-2-7-47(40)81(73,74)75/h1-2,6-19,23-24,32-33,35,45,61,63H,3-5,20-22,25-31,34,36H2,(H,53,66)(H,58,65)(H,67,68)(H2,54,55,56)(H,73,74,75). The number of H-pyrrole nitrogens is 1. The molecule has 3 aromatic heterocycles. The van der Waals surface area contributed by atoms with Gasteiger partial charge in [0.25, 0.3) is 21.9 Å². The van der Waals surface area contributed by atoms with Gasteiger partial charge in [-0.15, -0.1) is 5.11 Å². The van der Waals surface area contributed by atoms with Crippen molar-refractivity contribution >= 4 is 70.6 Å². The molecule has 7 rings (SSSR count). The van der Waals surface area contributed by atoms with Crippen molar-refractivity contribution in [2.45, 2.75) is 53.1 Å². The zero-order chi connectivity index (χ0) is 57.7. The van der Waals surface area contributed by atoms with E-state index in [1.807, 2.05) is 0 Å². The van der Waals surface area contributed by atoms with Crippen LogP contribution in [0.1, 0.15) is 45.5 Å². The summed E-state index contributed by atoms with van der Waals surface area (Å²) >= 11 is 0. The minimum atomic E-state index is -4.40. The highest BCUT2D eigenvalue weighted by Crippen LogP contribution is 2.24. The lowest BCUT2D eigenvalue weighted by molar-refractivity contribution is -0.138. The summed E-state index contributed by atoms with van der Waals surface area (Å²) in [5, 5.41) is 31.3. The summed E-state index contributed by atoms with van der Waals surface area (Å²) in [4.78, 5) is 48.4. The van der Waals surface area contributed by atoms with Crippen molar-refractivity contribution in [3.8, 4) is 11.1 Å². The van der Waals surface area contributed by atoms with E-state index in [0.717, 1.165) is 11.9 Å². The number of aromatic amines is 1. The molecule has 0 saturated carbocycles. The molecule has 0 aliphatic carbocycles. The molecule has 3 heterocycles. The van der Waals surface area contributed by atoms with Gasteiger partial charge in [0.2, 0.25) is 20.0 Å². The Morgan fingerprint density at radius 3 is 1.96 bits per heavy atom. The summed E-state index contributed by atoms with van der Waals surface area (Å²) < 4.78 is 108. The number of nitrogens with one attached hydrogen (secondary N) is 6. The fourth-order valence-corrected chi connectivity index (χ4v) is 10.7. The molecule has 29 heteroatoms. The Morgan fingerprint density at radius 1 is 0.679 bits per heavy atom. The first-order chi connectivity index (χ1) is 39.0. The number of imidazole rings is 1. The molecule has 26 nitrogen and oxygen atoms in total. The van der Waals surface area contributed by atoms with Gasteiger partial charge in [0.05, 0.1) is 64.9 Å². The maximum absolute atomic E-state index is 13.3. The van der Waals surface area contributed by atoms with Gasteiger partial charge in [0.1, 0.15) is 6.04 Å². The van der Waals surface area contributed by atoms with Crippen LogP contribution in [0.4, 0.5) is 11.8 Å². The van der Waals surface area contributed by atoms with Crippen molar-refractivity contribution in [2.24, 2.45) is 10.2 Å². The van der Waals surface area contributed by atoms with E-state index < -0.39 is 54.6 Å². The van der Waals surface area contributed by atoms with Gasteiger partial charge in [-0.2, -0.15) is 23.4 Å². The van der Waals surface area contributed by atoms with Crippen molar-refractivity contribution in [2.75, 3.05) is 71.1 Å². The SMILES string of the molecule is O=C(NCCCOCCOCCOCCCNS(=O)(=O)c1ccc(-c2ccc(S(=O)(=O)NC(CNC(=O)c3ccc4c(cnn4CCCNc4ncc[nH]4)c3)C(=O)O)cc2)cc1)c1ccc(N=NCc2ccccc2S(=O)(=O)O)nc1. The maximum atomic E-state index is 13.3. The highest BCUT2D eigenvalue weighted by Gasteiger charge is 2.27. The molecule has 0 aliphatic heterocycles. The summed E-state index contributed by atoms with van der Waals surface area (Å²) in [7, 11) is -12.6. The molecule has 1 atom stereocenters. The molecular weight excluding hydrogens is 1110 g/mol. The Labute approximate surface area is 467 Å². The monoisotopic (exact) mass is 1170 g/mol. The summed E-state index contributed by atoms with van der Waals surface area (Å²) in [6.07, 6.45) is 8.04. The number of carboxylic acid groups (broad SMARTS) is 1. The second-order valence-electron chi connectivity index (χ2n) is 17.7. The number of carbonyl (C=O) groups excluding carboxylic acids is 2. The molecule has 0 spiro atoms. The molecule has 2 amide bonds. The summed E-state index contributed by atoms with van der Waals surface area (Å²) in [5.74, 6) is -1.56. The van der Waals surface area contributed by atoms with Gasteiger partial charge in [-0.05, 0) is 96.6 Å². The van der Waals surface area contributed by atoms with Crippen molar-refractivity contribution in [1.82, 2.24) is 44.8 Å². The van der Waals surface area contributed by atoms with E-state index in [9.17, 15) is 49.3 Å². The molecule has 0 bridgehead atoms. The first-order valence-corrected chi connectivity index (χ1v) is 29.7. The number of benzene rings is 4. The van der Waals surface area contributed by atoms with E-state index >= 15 is 0 Å². The predicted molar refractivity (Wildman–Crippen MR) is 295 cm³/mol. The normalized spacial score (nSPS) is 12.4. The van der Waals surface area contributed by atoms with Crippen LogP contribution in [-0.2, 0) is 62.3 Å². The van der Waals surface area contributed by atoms with E-state index in [4.69, 9.17) is 14.2 Å². The van der Waals surface area contributed by atoms with Crippen molar-refractivity contribution in [1.29, 1.82) is 0 Å². The largest absolute Gasteiger partial charge is 0.480 e. The molecule has 8 N–H and O–H groups in total. The van der Waals surface area contributed by atoms with E-state index in [1.54, 1.807) is 59.7 Å². The smallest absolute Gasteiger partial charge is 0.323 e. The third kappa shape index (κ3) is 18.6.